The van der Waals surface area contributed by atoms with Crippen LogP contribution in [0.2, 0.25) is 0 Å². The molecule has 0 radical (unpaired) electrons. The van der Waals surface area contributed by atoms with Crippen LogP contribution in [0.15, 0.2) is 77.7 Å². The van der Waals surface area contributed by atoms with E-state index in [2.05, 4.69) is 23.9 Å². The van der Waals surface area contributed by atoms with E-state index in [0.717, 1.165) is 5.56 Å². The van der Waals surface area contributed by atoms with E-state index in [1.807, 2.05) is 43.3 Å². The zero-order chi connectivity index (χ0) is 21.0. The Bertz CT molecular complexity index is 1100. The van der Waals surface area contributed by atoms with Gasteiger partial charge in [0.05, 0.1) is 4.90 Å². The lowest BCUT2D eigenvalue weighted by Crippen LogP contribution is -2.16. The molecule has 0 heterocycles. The van der Waals surface area contributed by atoms with Gasteiger partial charge in [-0.25, -0.2) is 8.42 Å². The summed E-state index contributed by atoms with van der Waals surface area (Å²) in [6.07, 6.45) is 0. The smallest absolute Gasteiger partial charge is 0.261 e. The van der Waals surface area contributed by atoms with E-state index in [-0.39, 0.29) is 16.4 Å². The zero-order valence-electron chi connectivity index (χ0n) is 16.6. The second-order valence-electron chi connectivity index (χ2n) is 7.23. The molecule has 1 amide bonds. The van der Waals surface area contributed by atoms with Crippen molar-refractivity contribution in [1.29, 1.82) is 0 Å². The number of hydrogen-bond donors (Lipinski definition) is 2. The number of carbonyl (C=O) groups is 1. The van der Waals surface area contributed by atoms with Gasteiger partial charge in [-0.05, 0) is 60.9 Å². The SMILES string of the molecule is Cc1ccc(NS(=O)(=O)c2cccc(C(=O)Nc3ccc(C(C)C)cc3)c2)cc1. The summed E-state index contributed by atoms with van der Waals surface area (Å²) in [5.74, 6) is 0.0392. The van der Waals surface area contributed by atoms with E-state index < -0.39 is 10.0 Å². The van der Waals surface area contributed by atoms with E-state index in [0.29, 0.717) is 17.3 Å². The minimum Gasteiger partial charge on any atom is -0.322 e. The molecule has 0 aliphatic heterocycles. The number of sulfonamides is 1. The molecule has 0 aromatic heterocycles. The first-order valence-electron chi connectivity index (χ1n) is 9.35. The molecular formula is C23H24N2O3S. The van der Waals surface area contributed by atoms with Gasteiger partial charge in [-0.15, -0.1) is 0 Å². The molecule has 5 nitrogen and oxygen atoms in total. The minimum atomic E-state index is -3.80. The number of anilines is 2. The van der Waals surface area contributed by atoms with E-state index >= 15 is 0 Å². The topological polar surface area (TPSA) is 75.3 Å². The molecule has 0 fully saturated rings. The molecule has 6 heteroatoms. The van der Waals surface area contributed by atoms with Crippen LogP contribution in [0.1, 0.15) is 41.3 Å². The average Bonchev–Trinajstić information content (AvgIpc) is 2.70. The first-order valence-corrected chi connectivity index (χ1v) is 10.8. The van der Waals surface area contributed by atoms with Crippen LogP contribution >= 0.6 is 0 Å². The maximum Gasteiger partial charge on any atom is 0.261 e. The highest BCUT2D eigenvalue weighted by atomic mass is 32.2. The first-order chi connectivity index (χ1) is 13.7. The van der Waals surface area contributed by atoms with Crippen LogP contribution < -0.4 is 10.0 Å². The van der Waals surface area contributed by atoms with Gasteiger partial charge < -0.3 is 5.32 Å². The predicted molar refractivity (Wildman–Crippen MR) is 117 cm³/mol. The Hall–Kier alpha value is -3.12. The normalized spacial score (nSPS) is 11.3. The standard InChI is InChI=1S/C23H24N2O3S/c1-16(2)18-9-13-20(14-10-18)24-23(26)19-5-4-6-22(15-19)29(27,28)25-21-11-7-17(3)8-12-21/h4-16,25H,1-3H3,(H,24,26). The van der Waals surface area contributed by atoms with Crippen molar-refractivity contribution in [3.8, 4) is 0 Å². The number of amides is 1. The third-order valence-electron chi connectivity index (χ3n) is 4.55. The molecule has 0 unspecified atom stereocenters. The third-order valence-corrected chi connectivity index (χ3v) is 5.92. The van der Waals surface area contributed by atoms with Gasteiger partial charge >= 0.3 is 0 Å². The van der Waals surface area contributed by atoms with Gasteiger partial charge in [0.15, 0.2) is 0 Å². The van der Waals surface area contributed by atoms with Crippen LogP contribution in [-0.4, -0.2) is 14.3 Å². The van der Waals surface area contributed by atoms with Crippen molar-refractivity contribution in [3.63, 3.8) is 0 Å². The van der Waals surface area contributed by atoms with Crippen LogP contribution in [0, 0.1) is 6.92 Å². The second-order valence-corrected chi connectivity index (χ2v) is 8.91. The lowest BCUT2D eigenvalue weighted by Gasteiger charge is -2.11. The highest BCUT2D eigenvalue weighted by Crippen LogP contribution is 2.20. The summed E-state index contributed by atoms with van der Waals surface area (Å²) in [4.78, 5) is 12.6. The molecule has 3 aromatic rings. The number of nitrogens with one attached hydrogen (secondary N) is 2. The maximum atomic E-state index is 12.7. The quantitative estimate of drug-likeness (QED) is 0.591. The summed E-state index contributed by atoms with van der Waals surface area (Å²) in [6.45, 7) is 6.13. The molecular weight excluding hydrogens is 384 g/mol. The Labute approximate surface area is 171 Å². The van der Waals surface area contributed by atoms with E-state index in [4.69, 9.17) is 0 Å². The number of hydrogen-bond acceptors (Lipinski definition) is 3. The van der Waals surface area contributed by atoms with Crippen molar-refractivity contribution in [1.82, 2.24) is 0 Å². The molecule has 0 atom stereocenters. The molecule has 0 saturated heterocycles. The van der Waals surface area contributed by atoms with Gasteiger partial charge in [0.25, 0.3) is 15.9 Å². The number of carbonyl (C=O) groups excluding carboxylic acids is 1. The van der Waals surface area contributed by atoms with Gasteiger partial charge in [0.2, 0.25) is 0 Å². The van der Waals surface area contributed by atoms with Gasteiger partial charge in [-0.1, -0.05) is 49.7 Å². The van der Waals surface area contributed by atoms with Gasteiger partial charge in [-0.2, -0.15) is 0 Å². The fraction of sp³-hybridized carbons (Fsp3) is 0.174. The van der Waals surface area contributed by atoms with Crippen molar-refractivity contribution in [2.75, 3.05) is 10.0 Å². The van der Waals surface area contributed by atoms with Crippen molar-refractivity contribution in [2.24, 2.45) is 0 Å². The molecule has 0 spiro atoms. The molecule has 0 aliphatic rings. The van der Waals surface area contributed by atoms with Crippen LogP contribution in [0.25, 0.3) is 0 Å². The van der Waals surface area contributed by atoms with Crippen molar-refractivity contribution >= 4 is 27.3 Å². The van der Waals surface area contributed by atoms with E-state index in [9.17, 15) is 13.2 Å². The summed E-state index contributed by atoms with van der Waals surface area (Å²) in [7, 11) is -3.80. The Morgan fingerprint density at radius 3 is 2.10 bits per heavy atom. The van der Waals surface area contributed by atoms with Gasteiger partial charge in [0, 0.05) is 16.9 Å². The summed E-state index contributed by atoms with van der Waals surface area (Å²) in [5.41, 5.74) is 3.61. The monoisotopic (exact) mass is 408 g/mol. The molecule has 3 aromatic carbocycles. The van der Waals surface area contributed by atoms with Gasteiger partial charge in [-0.3, -0.25) is 9.52 Å². The fourth-order valence-electron chi connectivity index (χ4n) is 2.79. The predicted octanol–water partition coefficient (Wildman–Crippen LogP) is 5.17. The maximum absolute atomic E-state index is 12.7. The Morgan fingerprint density at radius 1 is 0.862 bits per heavy atom. The number of rotatable bonds is 6. The summed E-state index contributed by atoms with van der Waals surface area (Å²) < 4.78 is 27.9. The molecule has 0 saturated carbocycles. The highest BCUT2D eigenvalue weighted by molar-refractivity contribution is 7.92. The molecule has 0 bridgehead atoms. The van der Waals surface area contributed by atoms with Gasteiger partial charge in [0.1, 0.15) is 0 Å². The summed E-state index contributed by atoms with van der Waals surface area (Å²) in [6, 6.07) is 20.6. The van der Waals surface area contributed by atoms with Crippen molar-refractivity contribution < 1.29 is 13.2 Å². The summed E-state index contributed by atoms with van der Waals surface area (Å²) >= 11 is 0. The summed E-state index contributed by atoms with van der Waals surface area (Å²) in [5, 5.41) is 2.80. The lowest BCUT2D eigenvalue weighted by atomic mass is 10.0. The Morgan fingerprint density at radius 2 is 1.48 bits per heavy atom. The lowest BCUT2D eigenvalue weighted by molar-refractivity contribution is 0.102. The van der Waals surface area contributed by atoms with Crippen LogP contribution in [0.5, 0.6) is 0 Å². The molecule has 3 rings (SSSR count). The zero-order valence-corrected chi connectivity index (χ0v) is 17.5. The third kappa shape index (κ3) is 5.23. The fourth-order valence-corrected chi connectivity index (χ4v) is 3.90. The second kappa shape index (κ2) is 8.49. The molecule has 0 aliphatic carbocycles. The first kappa shape index (κ1) is 20.6. The van der Waals surface area contributed by atoms with Crippen molar-refractivity contribution in [2.45, 2.75) is 31.6 Å². The average molecular weight is 409 g/mol. The molecule has 150 valence electrons. The Kier molecular flexibility index (Phi) is 6.03. The number of aryl methyl sites for hydroxylation is 1. The highest BCUT2D eigenvalue weighted by Gasteiger charge is 2.17. The van der Waals surface area contributed by atoms with Crippen LogP contribution in [0.3, 0.4) is 0 Å². The Balaban J connectivity index is 1.77. The van der Waals surface area contributed by atoms with Crippen molar-refractivity contribution in [3.05, 3.63) is 89.5 Å². The number of benzene rings is 3. The largest absolute Gasteiger partial charge is 0.322 e. The molecule has 29 heavy (non-hydrogen) atoms. The van der Waals surface area contributed by atoms with Crippen LogP contribution in [0.4, 0.5) is 11.4 Å². The van der Waals surface area contributed by atoms with Crippen LogP contribution in [-0.2, 0) is 10.0 Å². The van der Waals surface area contributed by atoms with E-state index in [1.54, 1.807) is 24.3 Å². The minimum absolute atomic E-state index is 0.0286. The van der Waals surface area contributed by atoms with E-state index in [1.165, 1.54) is 17.7 Å². The molecule has 2 N–H and O–H groups in total.